The first kappa shape index (κ1) is 12.5. The van der Waals surface area contributed by atoms with E-state index in [1.807, 2.05) is 42.8 Å². The molecule has 18 heavy (non-hydrogen) atoms. The van der Waals surface area contributed by atoms with Crippen LogP contribution in [0.5, 0.6) is 5.75 Å². The maximum Gasteiger partial charge on any atom is 0.130 e. The Morgan fingerprint density at radius 1 is 1.28 bits per heavy atom. The van der Waals surface area contributed by atoms with E-state index in [-0.39, 0.29) is 0 Å². The number of nitrogens with two attached hydrogens (primary N) is 1. The molecule has 2 aromatic rings. The third-order valence-corrected chi connectivity index (χ3v) is 2.92. The van der Waals surface area contributed by atoms with Gasteiger partial charge in [0.15, 0.2) is 0 Å². The Labute approximate surface area is 107 Å². The van der Waals surface area contributed by atoms with Crippen LogP contribution in [0.3, 0.4) is 0 Å². The van der Waals surface area contributed by atoms with Crippen LogP contribution in [-0.2, 0) is 13.2 Å². The molecule has 0 aliphatic rings. The molecule has 0 aliphatic heterocycles. The minimum absolute atomic E-state index is 0.511. The topological polar surface area (TPSA) is 53.1 Å². The van der Waals surface area contributed by atoms with Crippen LogP contribution in [0.1, 0.15) is 23.9 Å². The first-order chi connectivity index (χ1) is 8.60. The summed E-state index contributed by atoms with van der Waals surface area (Å²) in [6.45, 7) is 7.40. The number of ether oxygens (including phenoxy) is 1. The summed E-state index contributed by atoms with van der Waals surface area (Å²) in [5.41, 5.74) is 9.77. The van der Waals surface area contributed by atoms with Gasteiger partial charge in [-0.15, -0.1) is 0 Å². The molecule has 0 spiro atoms. The average molecular weight is 245 g/mol. The number of hydrogen-bond donors (Lipinski definition) is 1. The molecule has 1 aromatic heterocycles. The van der Waals surface area contributed by atoms with Gasteiger partial charge in [0.1, 0.15) is 12.4 Å². The molecule has 0 radical (unpaired) electrons. The second-order valence-corrected chi connectivity index (χ2v) is 4.40. The van der Waals surface area contributed by atoms with Gasteiger partial charge >= 0.3 is 0 Å². The molecule has 1 aromatic carbocycles. The van der Waals surface area contributed by atoms with E-state index in [2.05, 4.69) is 12.0 Å². The van der Waals surface area contributed by atoms with Gasteiger partial charge in [-0.2, -0.15) is 5.10 Å². The molecule has 2 rings (SSSR count). The zero-order valence-electron chi connectivity index (χ0n) is 11.1. The number of rotatable bonds is 4. The van der Waals surface area contributed by atoms with Gasteiger partial charge in [0, 0.05) is 18.3 Å². The minimum atomic E-state index is 0.511. The molecule has 0 atom stereocenters. The van der Waals surface area contributed by atoms with Gasteiger partial charge in [0.05, 0.1) is 11.4 Å². The standard InChI is InChI=1S/C14H19N3O/c1-4-17-12(7-11(3)16-17)9-18-13-6-5-10(2)14(15)8-13/h5-8H,4,9,15H2,1-3H3. The molecule has 4 nitrogen and oxygen atoms in total. The molecule has 0 aliphatic carbocycles. The fourth-order valence-corrected chi connectivity index (χ4v) is 1.85. The number of hydrogen-bond acceptors (Lipinski definition) is 3. The SMILES string of the molecule is CCn1nc(C)cc1COc1ccc(C)c(N)c1. The van der Waals surface area contributed by atoms with Crippen molar-refractivity contribution in [1.29, 1.82) is 0 Å². The maximum absolute atomic E-state index is 5.85. The minimum Gasteiger partial charge on any atom is -0.487 e. The lowest BCUT2D eigenvalue weighted by molar-refractivity contribution is 0.292. The first-order valence-electron chi connectivity index (χ1n) is 6.12. The predicted octanol–water partition coefficient (Wildman–Crippen LogP) is 2.68. The Morgan fingerprint density at radius 2 is 2.06 bits per heavy atom. The molecule has 0 saturated carbocycles. The molecular weight excluding hydrogens is 226 g/mol. The lowest BCUT2D eigenvalue weighted by Crippen LogP contribution is -2.06. The van der Waals surface area contributed by atoms with Gasteiger partial charge in [-0.1, -0.05) is 6.07 Å². The van der Waals surface area contributed by atoms with Crippen molar-refractivity contribution in [3.05, 3.63) is 41.2 Å². The monoisotopic (exact) mass is 245 g/mol. The molecular formula is C14H19N3O. The third-order valence-electron chi connectivity index (χ3n) is 2.92. The molecule has 0 unspecified atom stereocenters. The van der Waals surface area contributed by atoms with Gasteiger partial charge in [-0.3, -0.25) is 4.68 Å². The van der Waals surface area contributed by atoms with Crippen molar-refractivity contribution in [3.8, 4) is 5.75 Å². The van der Waals surface area contributed by atoms with Crippen LogP contribution in [-0.4, -0.2) is 9.78 Å². The summed E-state index contributed by atoms with van der Waals surface area (Å²) >= 11 is 0. The summed E-state index contributed by atoms with van der Waals surface area (Å²) in [5, 5.41) is 4.39. The zero-order valence-corrected chi connectivity index (χ0v) is 11.1. The largest absolute Gasteiger partial charge is 0.487 e. The molecule has 2 N–H and O–H groups in total. The number of nitrogen functional groups attached to an aromatic ring is 1. The lowest BCUT2D eigenvalue weighted by Gasteiger charge is -2.09. The van der Waals surface area contributed by atoms with Gasteiger partial charge < -0.3 is 10.5 Å². The smallest absolute Gasteiger partial charge is 0.130 e. The Hall–Kier alpha value is -1.97. The van der Waals surface area contributed by atoms with Crippen LogP contribution < -0.4 is 10.5 Å². The van der Waals surface area contributed by atoms with E-state index in [1.54, 1.807) is 0 Å². The fourth-order valence-electron chi connectivity index (χ4n) is 1.85. The predicted molar refractivity (Wildman–Crippen MR) is 72.6 cm³/mol. The van der Waals surface area contributed by atoms with Crippen LogP contribution in [0.2, 0.25) is 0 Å². The van der Waals surface area contributed by atoms with E-state index in [4.69, 9.17) is 10.5 Å². The Kier molecular flexibility index (Phi) is 3.55. The number of aromatic nitrogens is 2. The maximum atomic E-state index is 5.85. The van der Waals surface area contributed by atoms with Crippen molar-refractivity contribution >= 4 is 5.69 Å². The van der Waals surface area contributed by atoms with E-state index >= 15 is 0 Å². The van der Waals surface area contributed by atoms with E-state index in [1.165, 1.54) is 0 Å². The van der Waals surface area contributed by atoms with Gasteiger partial charge in [-0.05, 0) is 38.5 Å². The van der Waals surface area contributed by atoms with Crippen LogP contribution in [0.15, 0.2) is 24.3 Å². The number of benzene rings is 1. The molecule has 4 heteroatoms. The van der Waals surface area contributed by atoms with Crippen LogP contribution >= 0.6 is 0 Å². The molecule has 1 heterocycles. The molecule has 0 amide bonds. The van der Waals surface area contributed by atoms with E-state index in [9.17, 15) is 0 Å². The second-order valence-electron chi connectivity index (χ2n) is 4.40. The van der Waals surface area contributed by atoms with E-state index in [0.717, 1.165) is 34.9 Å². The fraction of sp³-hybridized carbons (Fsp3) is 0.357. The number of nitrogens with zero attached hydrogens (tertiary/aromatic N) is 2. The van der Waals surface area contributed by atoms with Crippen molar-refractivity contribution < 1.29 is 4.74 Å². The summed E-state index contributed by atoms with van der Waals surface area (Å²) in [4.78, 5) is 0. The third kappa shape index (κ3) is 2.64. The highest BCUT2D eigenvalue weighted by Crippen LogP contribution is 2.20. The van der Waals surface area contributed by atoms with Gasteiger partial charge in [0.25, 0.3) is 0 Å². The molecule has 0 fully saturated rings. The highest BCUT2D eigenvalue weighted by molar-refractivity contribution is 5.50. The van der Waals surface area contributed by atoms with Crippen LogP contribution in [0.4, 0.5) is 5.69 Å². The summed E-state index contributed by atoms with van der Waals surface area (Å²) in [7, 11) is 0. The zero-order chi connectivity index (χ0) is 13.1. The first-order valence-corrected chi connectivity index (χ1v) is 6.12. The van der Waals surface area contributed by atoms with Crippen molar-refractivity contribution in [2.75, 3.05) is 5.73 Å². The number of aryl methyl sites for hydroxylation is 3. The van der Waals surface area contributed by atoms with E-state index in [0.29, 0.717) is 6.61 Å². The van der Waals surface area contributed by atoms with Crippen molar-refractivity contribution in [2.45, 2.75) is 33.9 Å². The van der Waals surface area contributed by atoms with Crippen LogP contribution in [0.25, 0.3) is 0 Å². The Bertz CT molecular complexity index is 546. The second kappa shape index (κ2) is 5.12. The quantitative estimate of drug-likeness (QED) is 0.842. The molecule has 0 saturated heterocycles. The molecule has 0 bridgehead atoms. The lowest BCUT2D eigenvalue weighted by atomic mass is 10.2. The van der Waals surface area contributed by atoms with Crippen molar-refractivity contribution in [1.82, 2.24) is 9.78 Å². The Balaban J connectivity index is 2.08. The van der Waals surface area contributed by atoms with Crippen LogP contribution in [0, 0.1) is 13.8 Å². The van der Waals surface area contributed by atoms with Gasteiger partial charge in [-0.25, -0.2) is 0 Å². The van der Waals surface area contributed by atoms with Crippen molar-refractivity contribution in [3.63, 3.8) is 0 Å². The summed E-state index contributed by atoms with van der Waals surface area (Å²) in [5.74, 6) is 0.791. The Morgan fingerprint density at radius 3 is 2.72 bits per heavy atom. The average Bonchev–Trinajstić information content (AvgIpc) is 2.71. The van der Waals surface area contributed by atoms with Gasteiger partial charge in [0.2, 0.25) is 0 Å². The number of anilines is 1. The molecule has 96 valence electrons. The van der Waals surface area contributed by atoms with Crippen molar-refractivity contribution in [2.24, 2.45) is 0 Å². The summed E-state index contributed by atoms with van der Waals surface area (Å²) in [6, 6.07) is 7.80. The van der Waals surface area contributed by atoms with E-state index < -0.39 is 0 Å². The summed E-state index contributed by atoms with van der Waals surface area (Å²) in [6.07, 6.45) is 0. The highest BCUT2D eigenvalue weighted by atomic mass is 16.5. The summed E-state index contributed by atoms with van der Waals surface area (Å²) < 4.78 is 7.69. The normalized spacial score (nSPS) is 10.6. The highest BCUT2D eigenvalue weighted by Gasteiger charge is 2.05.